The second-order valence-corrected chi connectivity index (χ2v) is 5.16. The zero-order valence-electron chi connectivity index (χ0n) is 11.4. The Labute approximate surface area is 108 Å². The molecule has 1 aliphatic heterocycles. The Balaban J connectivity index is 1.90. The van der Waals surface area contributed by atoms with Crippen LogP contribution in [0, 0.1) is 6.92 Å². The molecule has 1 atom stereocenters. The van der Waals surface area contributed by atoms with Crippen LogP contribution in [0.15, 0.2) is 6.07 Å². The molecule has 0 aromatic carbocycles. The topological polar surface area (TPSA) is 50.2 Å². The molecule has 1 fully saturated rings. The van der Waals surface area contributed by atoms with Gasteiger partial charge < -0.3 is 5.32 Å². The van der Waals surface area contributed by atoms with Gasteiger partial charge in [-0.25, -0.2) is 0 Å². The fraction of sp³-hybridized carbons (Fsp3) is 0.692. The molecule has 1 saturated heterocycles. The van der Waals surface area contributed by atoms with Gasteiger partial charge in [0, 0.05) is 19.2 Å². The Kier molecular flexibility index (Phi) is 4.01. The molecule has 0 spiro atoms. The monoisotopic (exact) mass is 250 g/mol. The summed E-state index contributed by atoms with van der Waals surface area (Å²) >= 11 is 0. The summed E-state index contributed by atoms with van der Waals surface area (Å²) in [5.74, 6) is 0.814. The molecule has 0 bridgehead atoms. The first-order valence-electron chi connectivity index (χ1n) is 6.61. The summed E-state index contributed by atoms with van der Waals surface area (Å²) in [5, 5.41) is 7.13. The highest BCUT2D eigenvalue weighted by atomic mass is 16.2. The van der Waals surface area contributed by atoms with Crippen molar-refractivity contribution >= 4 is 11.7 Å². The van der Waals surface area contributed by atoms with Gasteiger partial charge in [0.15, 0.2) is 0 Å². The fourth-order valence-electron chi connectivity index (χ4n) is 2.49. The van der Waals surface area contributed by atoms with E-state index in [2.05, 4.69) is 22.2 Å². The molecule has 0 radical (unpaired) electrons. The largest absolute Gasteiger partial charge is 0.310 e. The van der Waals surface area contributed by atoms with E-state index >= 15 is 0 Å². The minimum absolute atomic E-state index is 0.0479. The maximum absolute atomic E-state index is 12.0. The number of carbonyl (C=O) groups is 1. The van der Waals surface area contributed by atoms with Gasteiger partial charge in [0.1, 0.15) is 5.82 Å². The Morgan fingerprint density at radius 3 is 2.94 bits per heavy atom. The van der Waals surface area contributed by atoms with Crippen LogP contribution in [0.4, 0.5) is 5.82 Å². The number of rotatable bonds is 3. The molecule has 0 saturated carbocycles. The zero-order valence-corrected chi connectivity index (χ0v) is 11.4. The minimum atomic E-state index is 0.0479. The Morgan fingerprint density at radius 1 is 1.56 bits per heavy atom. The van der Waals surface area contributed by atoms with Gasteiger partial charge in [-0.2, -0.15) is 5.10 Å². The summed E-state index contributed by atoms with van der Waals surface area (Å²) in [5.41, 5.74) is 0.916. The van der Waals surface area contributed by atoms with E-state index in [0.29, 0.717) is 12.6 Å². The van der Waals surface area contributed by atoms with E-state index in [1.54, 1.807) is 4.68 Å². The third kappa shape index (κ3) is 3.10. The summed E-state index contributed by atoms with van der Waals surface area (Å²) in [4.78, 5) is 14.2. The number of nitrogens with zero attached hydrogens (tertiary/aromatic N) is 3. The highest BCUT2D eigenvalue weighted by Crippen LogP contribution is 2.16. The summed E-state index contributed by atoms with van der Waals surface area (Å²) in [6.07, 6.45) is 3.67. The minimum Gasteiger partial charge on any atom is -0.310 e. The maximum atomic E-state index is 12.0. The van der Waals surface area contributed by atoms with Crippen LogP contribution in [-0.2, 0) is 11.8 Å². The van der Waals surface area contributed by atoms with Gasteiger partial charge in [0.05, 0.1) is 12.2 Å². The average Bonchev–Trinajstić information content (AvgIpc) is 2.61. The quantitative estimate of drug-likeness (QED) is 0.885. The Bertz CT molecular complexity index is 427. The van der Waals surface area contributed by atoms with Gasteiger partial charge in [-0.1, -0.05) is 6.42 Å². The molecule has 1 aromatic rings. The second kappa shape index (κ2) is 5.52. The molecule has 1 unspecified atom stereocenters. The molecule has 1 aliphatic rings. The van der Waals surface area contributed by atoms with Gasteiger partial charge in [-0.15, -0.1) is 0 Å². The van der Waals surface area contributed by atoms with E-state index in [9.17, 15) is 4.79 Å². The molecule has 1 amide bonds. The van der Waals surface area contributed by atoms with Crippen molar-refractivity contribution in [3.05, 3.63) is 11.8 Å². The lowest BCUT2D eigenvalue weighted by molar-refractivity contribution is -0.118. The summed E-state index contributed by atoms with van der Waals surface area (Å²) in [6.45, 7) is 5.62. The molecule has 2 heterocycles. The van der Waals surface area contributed by atoms with Gasteiger partial charge >= 0.3 is 0 Å². The number of aryl methyl sites for hydroxylation is 2. The first kappa shape index (κ1) is 13.1. The van der Waals surface area contributed by atoms with Crippen molar-refractivity contribution in [1.82, 2.24) is 14.7 Å². The lowest BCUT2D eigenvalue weighted by Gasteiger charge is -2.32. The van der Waals surface area contributed by atoms with Crippen LogP contribution >= 0.6 is 0 Å². The van der Waals surface area contributed by atoms with Crippen LogP contribution in [0.1, 0.15) is 31.9 Å². The molecule has 5 nitrogen and oxygen atoms in total. The molecule has 1 aromatic heterocycles. The van der Waals surface area contributed by atoms with E-state index < -0.39 is 0 Å². The average molecular weight is 250 g/mol. The number of piperidine rings is 1. The Morgan fingerprint density at radius 2 is 2.33 bits per heavy atom. The Hall–Kier alpha value is -1.36. The van der Waals surface area contributed by atoms with E-state index in [0.717, 1.165) is 18.1 Å². The number of likely N-dealkylation sites (tertiary alicyclic amines) is 1. The van der Waals surface area contributed by atoms with Crippen molar-refractivity contribution in [2.45, 2.75) is 39.2 Å². The molecule has 100 valence electrons. The molecule has 1 N–H and O–H groups in total. The lowest BCUT2D eigenvalue weighted by atomic mass is 10.0. The molecular formula is C13H22N4O. The number of nitrogens with one attached hydrogen (secondary N) is 1. The number of amides is 1. The van der Waals surface area contributed by atoms with Crippen molar-refractivity contribution in [2.24, 2.45) is 7.05 Å². The summed E-state index contributed by atoms with van der Waals surface area (Å²) in [6, 6.07) is 2.40. The van der Waals surface area contributed by atoms with Gasteiger partial charge in [-0.05, 0) is 33.2 Å². The van der Waals surface area contributed by atoms with E-state index in [1.165, 1.54) is 19.3 Å². The van der Waals surface area contributed by atoms with Gasteiger partial charge in [0.2, 0.25) is 5.91 Å². The SMILES string of the molecule is Cc1cc(NC(=O)CN2CCCCC2C)n(C)n1. The van der Waals surface area contributed by atoms with Crippen molar-refractivity contribution in [3.8, 4) is 0 Å². The zero-order chi connectivity index (χ0) is 13.1. The van der Waals surface area contributed by atoms with E-state index in [4.69, 9.17) is 0 Å². The van der Waals surface area contributed by atoms with E-state index in [-0.39, 0.29) is 5.91 Å². The van der Waals surface area contributed by atoms with Crippen molar-refractivity contribution < 1.29 is 4.79 Å². The van der Waals surface area contributed by atoms with Crippen LogP contribution < -0.4 is 5.32 Å². The first-order chi connectivity index (χ1) is 8.56. The maximum Gasteiger partial charge on any atom is 0.239 e. The predicted molar refractivity (Wildman–Crippen MR) is 71.5 cm³/mol. The fourth-order valence-corrected chi connectivity index (χ4v) is 2.49. The number of hydrogen-bond acceptors (Lipinski definition) is 3. The van der Waals surface area contributed by atoms with Crippen LogP contribution in [-0.4, -0.2) is 39.7 Å². The second-order valence-electron chi connectivity index (χ2n) is 5.16. The van der Waals surface area contributed by atoms with Crippen molar-refractivity contribution in [1.29, 1.82) is 0 Å². The molecule has 2 rings (SSSR count). The molecule has 5 heteroatoms. The van der Waals surface area contributed by atoms with Crippen molar-refractivity contribution in [3.63, 3.8) is 0 Å². The smallest absolute Gasteiger partial charge is 0.239 e. The highest BCUT2D eigenvalue weighted by Gasteiger charge is 2.20. The van der Waals surface area contributed by atoms with Crippen LogP contribution in [0.2, 0.25) is 0 Å². The normalized spacial score (nSPS) is 20.9. The predicted octanol–water partition coefficient (Wildman–Crippen LogP) is 1.54. The van der Waals surface area contributed by atoms with Crippen LogP contribution in [0.25, 0.3) is 0 Å². The van der Waals surface area contributed by atoms with Crippen molar-refractivity contribution in [2.75, 3.05) is 18.4 Å². The van der Waals surface area contributed by atoms with Crippen LogP contribution in [0.5, 0.6) is 0 Å². The lowest BCUT2D eigenvalue weighted by Crippen LogP contribution is -2.42. The standard InChI is InChI=1S/C13H22N4O/c1-10-8-12(16(3)15-10)14-13(18)9-17-7-5-4-6-11(17)2/h8,11H,4-7,9H2,1-3H3,(H,14,18). The number of anilines is 1. The van der Waals surface area contributed by atoms with Gasteiger partial charge in [0.25, 0.3) is 0 Å². The van der Waals surface area contributed by atoms with E-state index in [1.807, 2.05) is 20.0 Å². The number of aromatic nitrogens is 2. The van der Waals surface area contributed by atoms with Crippen LogP contribution in [0.3, 0.4) is 0 Å². The number of carbonyl (C=O) groups excluding carboxylic acids is 1. The highest BCUT2D eigenvalue weighted by molar-refractivity contribution is 5.91. The molecular weight excluding hydrogens is 228 g/mol. The molecule has 18 heavy (non-hydrogen) atoms. The summed E-state index contributed by atoms with van der Waals surface area (Å²) < 4.78 is 1.70. The first-order valence-corrected chi connectivity index (χ1v) is 6.61. The third-order valence-corrected chi connectivity index (χ3v) is 3.56. The third-order valence-electron chi connectivity index (χ3n) is 3.56. The molecule has 0 aliphatic carbocycles. The number of hydrogen-bond donors (Lipinski definition) is 1. The summed E-state index contributed by atoms with van der Waals surface area (Å²) in [7, 11) is 1.84. The van der Waals surface area contributed by atoms with Gasteiger partial charge in [-0.3, -0.25) is 14.4 Å².